The zero-order valence-electron chi connectivity index (χ0n) is 6.67. The Hall–Kier alpha value is -0.380. The minimum Gasteiger partial charge on any atom is -0.369 e. The van der Waals surface area contributed by atoms with E-state index in [9.17, 15) is 0 Å². The first-order chi connectivity index (χ1) is 5.14. The molecule has 62 valence electrons. The number of nitrogens with two attached hydrogens (primary N) is 1. The summed E-state index contributed by atoms with van der Waals surface area (Å²) in [5, 5.41) is 0. The number of rotatable bonds is 0. The summed E-state index contributed by atoms with van der Waals surface area (Å²) >= 11 is 0. The molecule has 2 heterocycles. The van der Waals surface area contributed by atoms with Crippen LogP contribution in [0, 0.1) is 5.92 Å². The molecule has 2 rings (SSSR count). The molecule has 0 unspecified atom stereocenters. The van der Waals surface area contributed by atoms with E-state index < -0.39 is 5.72 Å². The van der Waals surface area contributed by atoms with Gasteiger partial charge in [0.2, 0.25) is 0 Å². The van der Waals surface area contributed by atoms with E-state index in [0.29, 0.717) is 19.1 Å². The molecule has 0 amide bonds. The summed E-state index contributed by atoms with van der Waals surface area (Å²) in [6.45, 7) is 7.14. The highest BCUT2D eigenvalue weighted by atomic mass is 16.6. The van der Waals surface area contributed by atoms with Crippen molar-refractivity contribution in [2.75, 3.05) is 13.2 Å². The van der Waals surface area contributed by atoms with Crippen molar-refractivity contribution in [1.29, 1.82) is 0 Å². The minimum absolute atomic E-state index is 0.0231. The van der Waals surface area contributed by atoms with E-state index in [4.69, 9.17) is 15.2 Å². The molecule has 0 bridgehead atoms. The molecule has 2 fully saturated rings. The van der Waals surface area contributed by atoms with E-state index in [2.05, 4.69) is 13.5 Å². The highest BCUT2D eigenvalue weighted by molar-refractivity contribution is 5.22. The van der Waals surface area contributed by atoms with Crippen molar-refractivity contribution in [1.82, 2.24) is 0 Å². The van der Waals surface area contributed by atoms with Crippen LogP contribution >= 0.6 is 0 Å². The molecule has 0 aliphatic carbocycles. The second-order valence-corrected chi connectivity index (χ2v) is 3.42. The van der Waals surface area contributed by atoms with Gasteiger partial charge < -0.3 is 9.47 Å². The molecule has 0 saturated carbocycles. The molecule has 2 aliphatic rings. The fourth-order valence-electron chi connectivity index (χ4n) is 1.76. The maximum atomic E-state index is 5.95. The van der Waals surface area contributed by atoms with Crippen LogP contribution < -0.4 is 5.73 Å². The predicted molar refractivity (Wildman–Crippen MR) is 40.9 cm³/mol. The van der Waals surface area contributed by atoms with Gasteiger partial charge in [-0.2, -0.15) is 0 Å². The maximum absolute atomic E-state index is 5.95. The molecule has 0 aromatic carbocycles. The zero-order valence-corrected chi connectivity index (χ0v) is 6.67. The molecule has 0 aromatic heterocycles. The molecule has 0 radical (unpaired) electrons. The van der Waals surface area contributed by atoms with Crippen molar-refractivity contribution < 1.29 is 9.47 Å². The van der Waals surface area contributed by atoms with Crippen LogP contribution in [0.5, 0.6) is 0 Å². The third-order valence-corrected chi connectivity index (χ3v) is 2.51. The van der Waals surface area contributed by atoms with Gasteiger partial charge >= 0.3 is 0 Å². The lowest BCUT2D eigenvalue weighted by Gasteiger charge is -2.22. The smallest absolute Gasteiger partial charge is 0.167 e. The van der Waals surface area contributed by atoms with Crippen LogP contribution in [0.25, 0.3) is 0 Å². The molecule has 3 heteroatoms. The molecule has 2 aliphatic heterocycles. The summed E-state index contributed by atoms with van der Waals surface area (Å²) < 4.78 is 10.9. The van der Waals surface area contributed by atoms with Gasteiger partial charge in [0.05, 0.1) is 13.2 Å². The average Bonchev–Trinajstić information content (AvgIpc) is 2.39. The van der Waals surface area contributed by atoms with E-state index in [1.807, 2.05) is 0 Å². The first-order valence-corrected chi connectivity index (χ1v) is 3.87. The van der Waals surface area contributed by atoms with Crippen molar-refractivity contribution in [2.45, 2.75) is 18.8 Å². The second kappa shape index (κ2) is 2.06. The van der Waals surface area contributed by atoms with E-state index in [1.54, 1.807) is 0 Å². The Kier molecular flexibility index (Phi) is 1.36. The maximum Gasteiger partial charge on any atom is 0.167 e. The van der Waals surface area contributed by atoms with Gasteiger partial charge in [-0.3, -0.25) is 5.73 Å². The monoisotopic (exact) mass is 155 g/mol. The molecular weight excluding hydrogens is 142 g/mol. The highest BCUT2D eigenvalue weighted by Gasteiger charge is 2.52. The van der Waals surface area contributed by atoms with Crippen molar-refractivity contribution in [3.05, 3.63) is 12.2 Å². The first kappa shape index (κ1) is 7.28. The molecule has 3 nitrogen and oxygen atoms in total. The quantitative estimate of drug-likeness (QED) is 0.510. The van der Waals surface area contributed by atoms with Crippen molar-refractivity contribution >= 4 is 0 Å². The van der Waals surface area contributed by atoms with E-state index in [-0.39, 0.29) is 6.10 Å². The van der Waals surface area contributed by atoms with Crippen molar-refractivity contribution in [3.8, 4) is 0 Å². The third kappa shape index (κ3) is 0.788. The SMILES string of the molecule is C=C1CO[C@@H]2[C@@H](C)CO[C@]12N. The standard InChI is InChI=1S/C8H13NO2/c1-5-3-11-8(9)6(2)4-10-7(5)8/h5,7H,2-4,9H2,1H3/t5-,7+,8+/m0/s1. The lowest BCUT2D eigenvalue weighted by molar-refractivity contribution is -0.00353. The van der Waals surface area contributed by atoms with Gasteiger partial charge in [-0.1, -0.05) is 13.5 Å². The summed E-state index contributed by atoms with van der Waals surface area (Å²) in [6, 6.07) is 0. The van der Waals surface area contributed by atoms with Gasteiger partial charge in [-0.25, -0.2) is 0 Å². The van der Waals surface area contributed by atoms with Crippen LogP contribution in [0.4, 0.5) is 0 Å². The van der Waals surface area contributed by atoms with Crippen LogP contribution in [0.3, 0.4) is 0 Å². The minimum atomic E-state index is -0.681. The average molecular weight is 155 g/mol. The fraction of sp³-hybridized carbons (Fsp3) is 0.750. The first-order valence-electron chi connectivity index (χ1n) is 3.87. The highest BCUT2D eigenvalue weighted by Crippen LogP contribution is 2.38. The number of ether oxygens (including phenoxy) is 2. The van der Waals surface area contributed by atoms with Crippen LogP contribution in [0.2, 0.25) is 0 Å². The predicted octanol–water partition coefficient (Wildman–Crippen LogP) is 0.263. The Balaban J connectivity index is 2.30. The van der Waals surface area contributed by atoms with Crippen molar-refractivity contribution in [3.63, 3.8) is 0 Å². The van der Waals surface area contributed by atoms with Crippen molar-refractivity contribution in [2.24, 2.45) is 11.7 Å². The Morgan fingerprint density at radius 2 is 2.45 bits per heavy atom. The Labute approximate surface area is 66.2 Å². The molecular formula is C8H13NO2. The van der Waals surface area contributed by atoms with Gasteiger partial charge in [-0.05, 0) is 5.57 Å². The topological polar surface area (TPSA) is 44.5 Å². The van der Waals surface area contributed by atoms with Gasteiger partial charge in [0.25, 0.3) is 0 Å². The van der Waals surface area contributed by atoms with Crippen LogP contribution in [0.15, 0.2) is 12.2 Å². The molecule has 2 saturated heterocycles. The van der Waals surface area contributed by atoms with E-state index >= 15 is 0 Å². The van der Waals surface area contributed by atoms with E-state index in [1.165, 1.54) is 0 Å². The molecule has 0 aromatic rings. The number of hydrogen-bond donors (Lipinski definition) is 1. The molecule has 3 atom stereocenters. The van der Waals surface area contributed by atoms with Gasteiger partial charge in [-0.15, -0.1) is 0 Å². The molecule has 2 N–H and O–H groups in total. The molecule has 11 heavy (non-hydrogen) atoms. The summed E-state index contributed by atoms with van der Waals surface area (Å²) in [6.07, 6.45) is 0.0231. The normalized spacial score (nSPS) is 49.8. The summed E-state index contributed by atoms with van der Waals surface area (Å²) in [7, 11) is 0. The summed E-state index contributed by atoms with van der Waals surface area (Å²) in [5.41, 5.74) is 6.14. The Morgan fingerprint density at radius 1 is 1.73 bits per heavy atom. The Morgan fingerprint density at radius 3 is 3.09 bits per heavy atom. The second-order valence-electron chi connectivity index (χ2n) is 3.42. The summed E-state index contributed by atoms with van der Waals surface area (Å²) in [5.74, 6) is 0.388. The largest absolute Gasteiger partial charge is 0.369 e. The van der Waals surface area contributed by atoms with Crippen LogP contribution in [-0.4, -0.2) is 25.0 Å². The van der Waals surface area contributed by atoms with Crippen LogP contribution in [-0.2, 0) is 9.47 Å². The van der Waals surface area contributed by atoms with Gasteiger partial charge in [0, 0.05) is 5.92 Å². The van der Waals surface area contributed by atoms with E-state index in [0.717, 1.165) is 5.57 Å². The third-order valence-electron chi connectivity index (χ3n) is 2.51. The van der Waals surface area contributed by atoms with Crippen LogP contribution in [0.1, 0.15) is 6.92 Å². The summed E-state index contributed by atoms with van der Waals surface area (Å²) in [4.78, 5) is 0. The fourth-order valence-corrected chi connectivity index (χ4v) is 1.76. The molecule has 0 spiro atoms. The number of hydrogen-bond acceptors (Lipinski definition) is 3. The number of fused-ring (bicyclic) bond motifs is 1. The lowest BCUT2D eigenvalue weighted by atomic mass is 9.97. The zero-order chi connectivity index (χ0) is 8.06. The Bertz CT molecular complexity index is 204. The lowest BCUT2D eigenvalue weighted by Crippen LogP contribution is -2.47. The van der Waals surface area contributed by atoms with Gasteiger partial charge in [0.1, 0.15) is 6.10 Å². The van der Waals surface area contributed by atoms with Gasteiger partial charge in [0.15, 0.2) is 5.72 Å².